The molecule has 0 unspecified atom stereocenters. The van der Waals surface area contributed by atoms with E-state index in [1.807, 2.05) is 0 Å². The molecule has 1 rings (SSSR count). The first-order valence-corrected chi connectivity index (χ1v) is 7.18. The average Bonchev–Trinajstić information content (AvgIpc) is 3.09. The molecule has 0 atom stereocenters. The molecule has 1 fully saturated rings. The van der Waals surface area contributed by atoms with Gasteiger partial charge in [0.15, 0.2) is 0 Å². The third-order valence-corrected chi connectivity index (χ3v) is 4.32. The first-order chi connectivity index (χ1) is 8.53. The molecule has 1 saturated carbocycles. The summed E-state index contributed by atoms with van der Waals surface area (Å²) in [6.45, 7) is 5.84. The second-order valence-electron chi connectivity index (χ2n) is 4.57. The van der Waals surface area contributed by atoms with Crippen LogP contribution in [0.4, 0.5) is 0 Å². The molecule has 0 N–H and O–H groups in total. The summed E-state index contributed by atoms with van der Waals surface area (Å²) in [5, 5.41) is 0. The first-order valence-electron chi connectivity index (χ1n) is 6.02. The molecular weight excluding hydrogens is 252 g/mol. The summed E-state index contributed by atoms with van der Waals surface area (Å²) in [6.07, 6.45) is 2.59. The molecule has 0 bridgehead atoms. The Morgan fingerprint density at radius 2 is 2.06 bits per heavy atom. The summed E-state index contributed by atoms with van der Waals surface area (Å²) in [6, 6.07) is 0. The number of thioether (sulfide) groups is 1. The molecule has 0 aromatic rings. The predicted molar refractivity (Wildman–Crippen MR) is 71.4 cm³/mol. The van der Waals surface area contributed by atoms with Gasteiger partial charge in [0.25, 0.3) is 0 Å². The van der Waals surface area contributed by atoms with Gasteiger partial charge in [0.05, 0.1) is 20.1 Å². The third kappa shape index (κ3) is 4.72. The molecule has 0 amide bonds. The van der Waals surface area contributed by atoms with Gasteiger partial charge in [0.1, 0.15) is 0 Å². The van der Waals surface area contributed by atoms with Crippen molar-refractivity contribution in [2.45, 2.75) is 26.2 Å². The number of rotatable bonds is 8. The largest absolute Gasteiger partial charge is 0.469 e. The SMILES string of the molecule is C=C(CSCC1(CC(=O)OC)CC1)C(=O)OCC. The van der Waals surface area contributed by atoms with Crippen molar-refractivity contribution in [1.29, 1.82) is 0 Å². The second kappa shape index (κ2) is 6.83. The average molecular weight is 272 g/mol. The van der Waals surface area contributed by atoms with Gasteiger partial charge in [-0.15, -0.1) is 0 Å². The van der Waals surface area contributed by atoms with E-state index in [2.05, 4.69) is 11.3 Å². The highest BCUT2D eigenvalue weighted by Crippen LogP contribution is 2.51. The van der Waals surface area contributed by atoms with Crippen LogP contribution in [0.5, 0.6) is 0 Å². The molecule has 0 heterocycles. The normalized spacial score (nSPS) is 15.9. The van der Waals surface area contributed by atoms with Gasteiger partial charge in [0, 0.05) is 11.3 Å². The molecule has 0 aromatic heterocycles. The lowest BCUT2D eigenvalue weighted by atomic mass is 10.1. The van der Waals surface area contributed by atoms with Crippen LogP contribution in [-0.4, -0.2) is 37.2 Å². The van der Waals surface area contributed by atoms with E-state index in [0.717, 1.165) is 18.6 Å². The van der Waals surface area contributed by atoms with E-state index < -0.39 is 0 Å². The lowest BCUT2D eigenvalue weighted by Gasteiger charge is -2.13. The molecule has 102 valence electrons. The van der Waals surface area contributed by atoms with Crippen LogP contribution in [-0.2, 0) is 19.1 Å². The van der Waals surface area contributed by atoms with Gasteiger partial charge in [-0.05, 0) is 30.9 Å². The maximum Gasteiger partial charge on any atom is 0.334 e. The van der Waals surface area contributed by atoms with Crippen molar-refractivity contribution in [3.8, 4) is 0 Å². The Morgan fingerprint density at radius 3 is 2.56 bits per heavy atom. The molecule has 1 aliphatic rings. The fourth-order valence-corrected chi connectivity index (χ4v) is 2.90. The second-order valence-corrected chi connectivity index (χ2v) is 5.56. The zero-order valence-electron chi connectivity index (χ0n) is 11.0. The molecule has 4 nitrogen and oxygen atoms in total. The summed E-state index contributed by atoms with van der Waals surface area (Å²) < 4.78 is 9.54. The first kappa shape index (κ1) is 15.1. The highest BCUT2D eigenvalue weighted by atomic mass is 32.2. The molecule has 5 heteroatoms. The summed E-state index contributed by atoms with van der Waals surface area (Å²) in [5.41, 5.74) is 0.572. The Bertz CT molecular complexity index is 334. The summed E-state index contributed by atoms with van der Waals surface area (Å²) >= 11 is 1.63. The third-order valence-electron chi connectivity index (χ3n) is 2.95. The summed E-state index contributed by atoms with van der Waals surface area (Å²) in [5.74, 6) is 0.933. The predicted octanol–water partition coefficient (Wildman–Crippen LogP) is 2.18. The fraction of sp³-hybridized carbons (Fsp3) is 0.692. The summed E-state index contributed by atoms with van der Waals surface area (Å²) in [4.78, 5) is 22.6. The smallest absolute Gasteiger partial charge is 0.334 e. The Morgan fingerprint density at radius 1 is 1.39 bits per heavy atom. The van der Waals surface area contributed by atoms with Crippen molar-refractivity contribution >= 4 is 23.7 Å². The molecule has 18 heavy (non-hydrogen) atoms. The molecule has 0 aromatic carbocycles. The Labute approximate surface area is 112 Å². The van der Waals surface area contributed by atoms with Crippen LogP contribution in [0, 0.1) is 5.41 Å². The van der Waals surface area contributed by atoms with Crippen molar-refractivity contribution in [3.05, 3.63) is 12.2 Å². The number of hydrogen-bond acceptors (Lipinski definition) is 5. The van der Waals surface area contributed by atoms with Gasteiger partial charge >= 0.3 is 11.9 Å². The lowest BCUT2D eigenvalue weighted by Crippen LogP contribution is -2.14. The van der Waals surface area contributed by atoms with Crippen molar-refractivity contribution in [2.24, 2.45) is 5.41 Å². The van der Waals surface area contributed by atoms with Crippen molar-refractivity contribution in [1.82, 2.24) is 0 Å². The van der Waals surface area contributed by atoms with E-state index in [-0.39, 0.29) is 17.4 Å². The van der Waals surface area contributed by atoms with Crippen LogP contribution < -0.4 is 0 Å². The van der Waals surface area contributed by atoms with Gasteiger partial charge in [0.2, 0.25) is 0 Å². The molecule has 1 aliphatic carbocycles. The highest BCUT2D eigenvalue weighted by Gasteiger charge is 2.44. The number of carbonyl (C=O) groups excluding carboxylic acids is 2. The van der Waals surface area contributed by atoms with Gasteiger partial charge in [-0.1, -0.05) is 6.58 Å². The van der Waals surface area contributed by atoms with Crippen LogP contribution in [0.2, 0.25) is 0 Å². The van der Waals surface area contributed by atoms with E-state index in [1.54, 1.807) is 18.7 Å². The Balaban J connectivity index is 2.23. The van der Waals surface area contributed by atoms with Crippen LogP contribution in [0.25, 0.3) is 0 Å². The monoisotopic (exact) mass is 272 g/mol. The maximum atomic E-state index is 11.3. The minimum Gasteiger partial charge on any atom is -0.469 e. The standard InChI is InChI=1S/C13H20O4S/c1-4-17-12(15)10(2)8-18-9-13(5-6-13)7-11(14)16-3/h2,4-9H2,1,3H3. The van der Waals surface area contributed by atoms with Crippen LogP contribution in [0.15, 0.2) is 12.2 Å². The molecule has 0 radical (unpaired) electrons. The number of methoxy groups -OCH3 is 1. The highest BCUT2D eigenvalue weighted by molar-refractivity contribution is 7.99. The zero-order valence-corrected chi connectivity index (χ0v) is 11.8. The maximum absolute atomic E-state index is 11.3. The quantitative estimate of drug-likeness (QED) is 0.501. The minimum atomic E-state index is -0.331. The molecule has 0 spiro atoms. The van der Waals surface area contributed by atoms with Gasteiger partial charge in [-0.3, -0.25) is 4.79 Å². The Hall–Kier alpha value is -0.970. The van der Waals surface area contributed by atoms with E-state index in [4.69, 9.17) is 4.74 Å². The zero-order chi connectivity index (χ0) is 13.6. The van der Waals surface area contributed by atoms with Crippen molar-refractivity contribution in [2.75, 3.05) is 25.2 Å². The topological polar surface area (TPSA) is 52.6 Å². The van der Waals surface area contributed by atoms with Crippen molar-refractivity contribution < 1.29 is 19.1 Å². The van der Waals surface area contributed by atoms with Crippen LogP contribution >= 0.6 is 11.8 Å². The van der Waals surface area contributed by atoms with Crippen LogP contribution in [0.1, 0.15) is 26.2 Å². The molecular formula is C13H20O4S. The van der Waals surface area contributed by atoms with Crippen LogP contribution in [0.3, 0.4) is 0 Å². The van der Waals surface area contributed by atoms with Gasteiger partial charge in [-0.25, -0.2) is 4.79 Å². The van der Waals surface area contributed by atoms with E-state index in [1.165, 1.54) is 7.11 Å². The molecule has 0 aliphatic heterocycles. The lowest BCUT2D eigenvalue weighted by molar-refractivity contribution is -0.142. The number of ether oxygens (including phenoxy) is 2. The van der Waals surface area contributed by atoms with Gasteiger partial charge in [-0.2, -0.15) is 11.8 Å². The summed E-state index contributed by atoms with van der Waals surface area (Å²) in [7, 11) is 1.41. The molecule has 0 saturated heterocycles. The van der Waals surface area contributed by atoms with E-state index >= 15 is 0 Å². The number of carbonyl (C=O) groups is 2. The van der Waals surface area contributed by atoms with Crippen molar-refractivity contribution in [3.63, 3.8) is 0 Å². The fourth-order valence-electron chi connectivity index (χ4n) is 1.61. The number of hydrogen-bond donors (Lipinski definition) is 0. The van der Waals surface area contributed by atoms with E-state index in [0.29, 0.717) is 24.4 Å². The Kier molecular flexibility index (Phi) is 5.72. The van der Waals surface area contributed by atoms with Gasteiger partial charge < -0.3 is 9.47 Å². The minimum absolute atomic E-state index is 0.0900. The van der Waals surface area contributed by atoms with E-state index in [9.17, 15) is 9.59 Å². The number of esters is 2.